The Kier molecular flexibility index (Phi) is 20.0. The predicted molar refractivity (Wildman–Crippen MR) is 217 cm³/mol. The van der Waals surface area contributed by atoms with Gasteiger partial charge in [-0.1, -0.05) is 6.92 Å². The Labute approximate surface area is 344 Å². The van der Waals surface area contributed by atoms with Crippen molar-refractivity contribution < 1.29 is 69.6 Å². The van der Waals surface area contributed by atoms with Gasteiger partial charge in [-0.3, -0.25) is 24.0 Å². The average molecular weight is 835 g/mol. The second-order valence-corrected chi connectivity index (χ2v) is 14.6. The van der Waals surface area contributed by atoms with Gasteiger partial charge in [-0.2, -0.15) is 0 Å². The van der Waals surface area contributed by atoms with E-state index >= 15 is 0 Å². The lowest BCUT2D eigenvalue weighted by molar-refractivity contribution is -0.116. The van der Waals surface area contributed by atoms with Crippen molar-refractivity contribution in [3.63, 3.8) is 0 Å². The highest BCUT2D eigenvalue weighted by Gasteiger charge is 2.33. The van der Waals surface area contributed by atoms with Gasteiger partial charge in [0.15, 0.2) is 5.78 Å². The maximum absolute atomic E-state index is 14.0. The normalized spacial score (nSPS) is 13.8. The Hall–Kier alpha value is -4.53. The first-order chi connectivity index (χ1) is 27.7. The third-order valence-electron chi connectivity index (χ3n) is 10.2. The van der Waals surface area contributed by atoms with Crippen molar-refractivity contribution in [2.24, 2.45) is 0 Å². The average Bonchev–Trinajstić information content (AvgIpc) is 3.20. The summed E-state index contributed by atoms with van der Waals surface area (Å²) in [5.74, 6) is -2.96. The molecule has 11 N–H and O–H groups in total. The number of hydrogen-bond donors (Lipinski definition) is 11. The van der Waals surface area contributed by atoms with Crippen LogP contribution in [0.2, 0.25) is 0 Å². The Balaban J connectivity index is 2.85. The number of ketones is 1. The van der Waals surface area contributed by atoms with Crippen LogP contribution in [0.25, 0.3) is 0 Å². The topological polar surface area (TPSA) is 296 Å². The molecule has 330 valence electrons. The number of carbonyl (C=O) groups excluding carboxylic acids is 5. The Morgan fingerprint density at radius 3 is 1.34 bits per heavy atom. The summed E-state index contributed by atoms with van der Waals surface area (Å²) < 4.78 is 6.61. The van der Waals surface area contributed by atoms with Crippen molar-refractivity contribution in [2.75, 3.05) is 57.5 Å². The number of nitrogens with one attached hydrogen (secondary N) is 3. The van der Waals surface area contributed by atoms with Gasteiger partial charge in [0.25, 0.3) is 17.7 Å². The minimum Gasteiger partial charge on any atom is -0.488 e. The van der Waals surface area contributed by atoms with E-state index in [9.17, 15) is 64.8 Å². The Bertz CT molecular complexity index is 1780. The molecule has 0 radical (unpaired) electrons. The molecule has 0 spiro atoms. The lowest BCUT2D eigenvalue weighted by Gasteiger charge is -2.33. The van der Waals surface area contributed by atoms with Gasteiger partial charge in [-0.25, -0.2) is 0 Å². The molecule has 0 heterocycles. The fourth-order valence-electron chi connectivity index (χ4n) is 6.84. The molecular weight excluding hydrogens is 772 g/mol. The molecule has 59 heavy (non-hydrogen) atoms. The molecule has 0 aliphatic rings. The molecule has 0 fully saturated rings. The van der Waals surface area contributed by atoms with Crippen LogP contribution >= 0.6 is 0 Å². The van der Waals surface area contributed by atoms with Crippen LogP contribution < -0.4 is 25.6 Å². The van der Waals surface area contributed by atoms with Gasteiger partial charge in [-0.05, 0) is 87.8 Å². The fraction of sp³-hybridized carbons (Fsp3) is 0.585. The van der Waals surface area contributed by atoms with Gasteiger partial charge in [0.2, 0.25) is 5.91 Å². The number of Topliss-reactive ketones (excluding diaryl/α,β-unsaturated/α-hetero) is 1. The number of rotatable bonds is 23. The minimum atomic E-state index is -1.28. The van der Waals surface area contributed by atoms with Crippen molar-refractivity contribution >= 4 is 35.1 Å². The molecule has 0 bridgehead atoms. The molecule has 18 heteroatoms. The summed E-state index contributed by atoms with van der Waals surface area (Å²) in [4.78, 5) is 69.8. The zero-order valence-electron chi connectivity index (χ0n) is 35.1. The summed E-state index contributed by atoms with van der Waals surface area (Å²) in [6.07, 6.45) is -5.92. The van der Waals surface area contributed by atoms with Crippen LogP contribution in [0, 0.1) is 41.5 Å². The summed E-state index contributed by atoms with van der Waals surface area (Å²) in [6, 6.07) is 0. The maximum atomic E-state index is 14.0. The standard InChI is InChI=1S/C41H62N4O14/c1-9-31(59-38-21(3)20(2)33(39(56)42-12-28(52)17-47)23(5)36(38)32(55)11-10-27(51)16-46)15-45(26(8)50)37-24(6)34(40(57)43-13-29(53)18-48)22(4)35(25(37)7)41(58)44-14-30(54)19-49/h27-31,46-49,51-54H,9-19H2,1-8H3,(H,42,56)(H,43,57)(H,44,58). The van der Waals surface area contributed by atoms with E-state index in [0.29, 0.717) is 11.1 Å². The molecule has 0 aromatic heterocycles. The van der Waals surface area contributed by atoms with E-state index in [4.69, 9.17) is 4.74 Å². The predicted octanol–water partition coefficient (Wildman–Crippen LogP) is -0.687. The number of ether oxygens (including phenoxy) is 1. The molecule has 4 amide bonds. The highest BCUT2D eigenvalue weighted by molar-refractivity contribution is 6.08. The number of nitrogens with zero attached hydrogens (tertiary/aromatic N) is 1. The number of aliphatic hydroxyl groups is 8. The van der Waals surface area contributed by atoms with Crippen LogP contribution in [-0.4, -0.2) is 153 Å². The summed E-state index contributed by atoms with van der Waals surface area (Å²) in [5, 5.41) is 84.7. The smallest absolute Gasteiger partial charge is 0.252 e. The number of carbonyl (C=O) groups is 5. The van der Waals surface area contributed by atoms with Crippen LogP contribution in [0.4, 0.5) is 5.69 Å². The van der Waals surface area contributed by atoms with E-state index in [2.05, 4.69) is 16.0 Å². The van der Waals surface area contributed by atoms with Crippen molar-refractivity contribution in [3.05, 3.63) is 55.6 Å². The highest BCUT2D eigenvalue weighted by Crippen LogP contribution is 2.38. The van der Waals surface area contributed by atoms with Crippen LogP contribution in [0.1, 0.15) is 108 Å². The van der Waals surface area contributed by atoms with Gasteiger partial charge in [0, 0.05) is 49.7 Å². The number of anilines is 1. The lowest BCUT2D eigenvalue weighted by atomic mass is 9.88. The van der Waals surface area contributed by atoms with E-state index in [1.165, 1.54) is 18.7 Å². The third kappa shape index (κ3) is 12.7. The molecule has 18 nitrogen and oxygen atoms in total. The molecule has 2 aromatic rings. The number of amides is 4. The number of benzene rings is 2. The largest absolute Gasteiger partial charge is 0.488 e. The van der Waals surface area contributed by atoms with E-state index in [0.717, 1.165) is 0 Å². The van der Waals surface area contributed by atoms with Crippen LogP contribution in [0.3, 0.4) is 0 Å². The third-order valence-corrected chi connectivity index (χ3v) is 10.2. The van der Waals surface area contributed by atoms with E-state index < -0.39 is 86.4 Å². The lowest BCUT2D eigenvalue weighted by Crippen LogP contribution is -2.41. The minimum absolute atomic E-state index is 0.00392. The van der Waals surface area contributed by atoms with Crippen LogP contribution in [0.5, 0.6) is 5.75 Å². The molecule has 2 aromatic carbocycles. The van der Waals surface area contributed by atoms with Crippen molar-refractivity contribution in [3.8, 4) is 5.75 Å². The molecule has 0 saturated heterocycles. The first-order valence-electron chi connectivity index (χ1n) is 19.5. The van der Waals surface area contributed by atoms with Crippen molar-refractivity contribution in [1.29, 1.82) is 0 Å². The monoisotopic (exact) mass is 834 g/mol. The van der Waals surface area contributed by atoms with Crippen molar-refractivity contribution in [1.82, 2.24) is 16.0 Å². The van der Waals surface area contributed by atoms with E-state index in [1.807, 2.05) is 0 Å². The maximum Gasteiger partial charge on any atom is 0.252 e. The SMILES string of the molecule is CCC(CN(C(C)=O)c1c(C)c(C(=O)NCC(O)CO)c(C)c(C(=O)NCC(O)CO)c1C)Oc1c(C)c(C)c(C(=O)NCC(O)CO)c(C)c1C(=O)CCC(O)CO. The number of aliphatic hydroxyl groups excluding tert-OH is 8. The number of hydrogen-bond acceptors (Lipinski definition) is 14. The Morgan fingerprint density at radius 1 is 0.576 bits per heavy atom. The molecular formula is C41H62N4O14. The fourth-order valence-corrected chi connectivity index (χ4v) is 6.84. The van der Waals surface area contributed by atoms with Gasteiger partial charge in [-0.15, -0.1) is 0 Å². The first kappa shape index (κ1) is 50.6. The summed E-state index contributed by atoms with van der Waals surface area (Å²) in [7, 11) is 0. The van der Waals surface area contributed by atoms with Crippen LogP contribution in [-0.2, 0) is 4.79 Å². The summed E-state index contributed by atoms with van der Waals surface area (Å²) >= 11 is 0. The molecule has 5 atom stereocenters. The molecule has 0 aliphatic heterocycles. The highest BCUT2D eigenvalue weighted by atomic mass is 16.5. The van der Waals surface area contributed by atoms with Crippen molar-refractivity contribution in [2.45, 2.75) is 105 Å². The van der Waals surface area contributed by atoms with E-state index in [1.54, 1.807) is 41.5 Å². The van der Waals surface area contributed by atoms with Gasteiger partial charge in [0.05, 0.1) is 68.6 Å². The molecule has 0 saturated carbocycles. The summed E-state index contributed by atoms with van der Waals surface area (Å²) in [6.45, 7) is 9.05. The summed E-state index contributed by atoms with van der Waals surface area (Å²) in [5.41, 5.74) is 2.20. The second kappa shape index (κ2) is 23.3. The molecule has 0 aliphatic carbocycles. The zero-order chi connectivity index (χ0) is 44.9. The second-order valence-electron chi connectivity index (χ2n) is 14.6. The van der Waals surface area contributed by atoms with E-state index in [-0.39, 0.29) is 101 Å². The molecule has 5 unspecified atom stereocenters. The van der Waals surface area contributed by atoms with Gasteiger partial charge in [0.1, 0.15) is 11.9 Å². The van der Waals surface area contributed by atoms with Gasteiger partial charge < -0.3 is 66.4 Å². The quantitative estimate of drug-likeness (QED) is 0.0619. The van der Waals surface area contributed by atoms with Crippen LogP contribution in [0.15, 0.2) is 0 Å². The zero-order valence-corrected chi connectivity index (χ0v) is 35.1. The molecule has 2 rings (SSSR count). The first-order valence-corrected chi connectivity index (χ1v) is 19.5. The van der Waals surface area contributed by atoms with Gasteiger partial charge >= 0.3 is 0 Å². The Morgan fingerprint density at radius 2 is 0.966 bits per heavy atom.